The van der Waals surface area contributed by atoms with E-state index in [-0.39, 0.29) is 19.2 Å². The van der Waals surface area contributed by atoms with Gasteiger partial charge in [0.2, 0.25) is 0 Å². The maximum absolute atomic E-state index is 12.4. The molecule has 0 amide bonds. The topological polar surface area (TPSA) is 67.8 Å². The summed E-state index contributed by atoms with van der Waals surface area (Å²) in [6.45, 7) is 10.0. The summed E-state index contributed by atoms with van der Waals surface area (Å²) < 4.78 is 11.5. The summed E-state index contributed by atoms with van der Waals surface area (Å²) >= 11 is 0. The number of ether oxygens (including phenoxy) is 1. The summed E-state index contributed by atoms with van der Waals surface area (Å²) in [6, 6.07) is 17.0. The van der Waals surface area contributed by atoms with Crippen LogP contribution in [0.1, 0.15) is 45.2 Å². The molecule has 0 radical (unpaired) electrons. The zero-order chi connectivity index (χ0) is 23.1. The van der Waals surface area contributed by atoms with Crippen LogP contribution in [0.15, 0.2) is 66.2 Å². The number of rotatable bonds is 11. The van der Waals surface area contributed by atoms with E-state index in [1.54, 1.807) is 6.92 Å². The lowest BCUT2D eigenvalue weighted by Crippen LogP contribution is -2.33. The molecule has 0 fully saturated rings. The number of aryl methyl sites for hydroxylation is 1. The first-order valence-electron chi connectivity index (χ1n) is 10.7. The van der Waals surface area contributed by atoms with Crippen molar-refractivity contribution >= 4 is 14.3 Å². The van der Waals surface area contributed by atoms with Gasteiger partial charge in [-0.3, -0.25) is 9.88 Å². The van der Waals surface area contributed by atoms with Crippen LogP contribution in [0.3, 0.4) is 0 Å². The second-order valence-electron chi connectivity index (χ2n) is 6.95. The lowest BCUT2D eigenvalue weighted by Gasteiger charge is -2.22. The second kappa shape index (κ2) is 15.6. The van der Waals surface area contributed by atoms with Crippen LogP contribution in [0.25, 0.3) is 0 Å². The number of carbonyl (C=O) groups excluding carboxylic acids is 1. The quantitative estimate of drug-likeness (QED) is 0.261. The average molecular weight is 446 g/mol. The Morgan fingerprint density at radius 1 is 1.13 bits per heavy atom. The number of allylic oxidation sites excluding steroid dienone is 1. The highest BCUT2D eigenvalue weighted by atomic mass is 31.2. The van der Waals surface area contributed by atoms with Gasteiger partial charge in [0.25, 0.3) is 0 Å². The molecule has 0 heterocycles. The monoisotopic (exact) mass is 445 g/mol. The van der Waals surface area contributed by atoms with E-state index in [1.165, 1.54) is 0 Å². The normalized spacial score (nSPS) is 12.9. The molecule has 0 aliphatic carbocycles. The van der Waals surface area contributed by atoms with Crippen molar-refractivity contribution in [1.29, 1.82) is 0 Å². The van der Waals surface area contributed by atoms with Gasteiger partial charge in [-0.1, -0.05) is 73.5 Å². The van der Waals surface area contributed by atoms with Crippen molar-refractivity contribution in [3.8, 4) is 5.75 Å². The third kappa shape index (κ3) is 11.1. The molecule has 0 saturated carbocycles. The molecular formula is C25H36NO4P. The van der Waals surface area contributed by atoms with Crippen molar-refractivity contribution in [2.45, 2.75) is 53.7 Å². The molecule has 0 aromatic heterocycles. The second-order valence-corrected chi connectivity index (χ2v) is 8.59. The summed E-state index contributed by atoms with van der Waals surface area (Å²) in [5, 5.41) is 12.4. The van der Waals surface area contributed by atoms with E-state index in [2.05, 4.69) is 5.09 Å². The van der Waals surface area contributed by atoms with Crippen LogP contribution in [0.5, 0.6) is 5.75 Å². The van der Waals surface area contributed by atoms with Crippen molar-refractivity contribution in [2.75, 3.05) is 12.8 Å². The summed E-state index contributed by atoms with van der Waals surface area (Å²) in [5.41, 5.74) is 3.04. The maximum atomic E-state index is 12.4. The molecule has 2 N–H and O–H groups in total. The molecule has 0 aliphatic heterocycles. The van der Waals surface area contributed by atoms with Gasteiger partial charge in [-0.15, -0.1) is 0 Å². The van der Waals surface area contributed by atoms with Gasteiger partial charge in [0.15, 0.2) is 8.30 Å². The summed E-state index contributed by atoms with van der Waals surface area (Å²) in [6.07, 6.45) is 3.47. The number of hydrogen-bond donors (Lipinski definition) is 2. The van der Waals surface area contributed by atoms with E-state index in [1.807, 2.05) is 88.4 Å². The molecule has 0 spiro atoms. The molecule has 2 rings (SSSR count). The Morgan fingerprint density at radius 3 is 2.39 bits per heavy atom. The fourth-order valence-corrected chi connectivity index (χ4v) is 4.03. The molecule has 170 valence electrons. The highest BCUT2D eigenvalue weighted by Crippen LogP contribution is 2.36. The first kappa shape index (κ1) is 26.8. The Hall–Kier alpha value is -2.20. The van der Waals surface area contributed by atoms with E-state index < -0.39 is 14.3 Å². The highest BCUT2D eigenvalue weighted by Gasteiger charge is 2.21. The zero-order valence-electron chi connectivity index (χ0n) is 19.3. The van der Waals surface area contributed by atoms with E-state index in [0.717, 1.165) is 35.0 Å². The summed E-state index contributed by atoms with van der Waals surface area (Å²) in [7, 11) is -1.10. The average Bonchev–Trinajstić information content (AvgIpc) is 2.80. The number of esters is 1. The summed E-state index contributed by atoms with van der Waals surface area (Å²) in [4.78, 5) is 12.4. The largest absolute Gasteiger partial charge is 0.460 e. The number of hydrogen-bond acceptors (Lipinski definition) is 5. The van der Waals surface area contributed by atoms with Gasteiger partial charge in [-0.25, -0.2) is 0 Å². The Bertz CT molecular complexity index is 778. The first-order chi connectivity index (χ1) is 15.0. The Labute approximate surface area is 188 Å². The fourth-order valence-electron chi connectivity index (χ4n) is 2.48. The van der Waals surface area contributed by atoms with E-state index in [4.69, 9.17) is 14.4 Å². The minimum Gasteiger partial charge on any atom is -0.460 e. The lowest BCUT2D eigenvalue weighted by atomic mass is 10.2. The van der Waals surface area contributed by atoms with Crippen LogP contribution in [-0.2, 0) is 16.1 Å². The molecule has 0 saturated heterocycles. The van der Waals surface area contributed by atoms with Crippen LogP contribution in [0.2, 0.25) is 0 Å². The molecular weight excluding hydrogens is 409 g/mol. The summed E-state index contributed by atoms with van der Waals surface area (Å²) in [5.74, 6) is 0.456. The molecule has 2 unspecified atom stereocenters. The number of carbonyl (C=O) groups is 1. The van der Waals surface area contributed by atoms with Crippen LogP contribution in [-0.4, -0.2) is 29.9 Å². The highest BCUT2D eigenvalue weighted by molar-refractivity contribution is 7.50. The van der Waals surface area contributed by atoms with Crippen molar-refractivity contribution in [3.05, 3.63) is 77.4 Å². The van der Waals surface area contributed by atoms with Gasteiger partial charge < -0.3 is 14.4 Å². The van der Waals surface area contributed by atoms with Gasteiger partial charge in [-0.2, -0.15) is 0 Å². The van der Waals surface area contributed by atoms with Gasteiger partial charge in [0.1, 0.15) is 18.4 Å². The third-order valence-electron chi connectivity index (χ3n) is 4.23. The van der Waals surface area contributed by atoms with Crippen molar-refractivity contribution in [2.24, 2.45) is 0 Å². The zero-order valence-corrected chi connectivity index (χ0v) is 20.2. The van der Waals surface area contributed by atoms with Crippen molar-refractivity contribution in [1.82, 2.24) is 5.09 Å². The molecule has 31 heavy (non-hydrogen) atoms. The van der Waals surface area contributed by atoms with Crippen LogP contribution < -0.4 is 9.61 Å². The Balaban J connectivity index is 0.00000233. The van der Waals surface area contributed by atoms with Gasteiger partial charge in [0.05, 0.1) is 6.61 Å². The van der Waals surface area contributed by atoms with Gasteiger partial charge in [-0.05, 0) is 44.9 Å². The van der Waals surface area contributed by atoms with E-state index in [0.29, 0.717) is 0 Å². The van der Waals surface area contributed by atoms with Crippen LogP contribution in [0, 0.1) is 6.92 Å². The smallest absolute Gasteiger partial charge is 0.323 e. The van der Waals surface area contributed by atoms with Gasteiger partial charge >= 0.3 is 5.97 Å². The number of nitrogens with one attached hydrogen (secondary N) is 1. The molecule has 6 heteroatoms. The number of aliphatic hydroxyl groups excluding tert-OH is 1. The van der Waals surface area contributed by atoms with Crippen molar-refractivity contribution in [3.63, 3.8) is 0 Å². The predicted molar refractivity (Wildman–Crippen MR) is 129 cm³/mol. The number of aliphatic hydroxyl groups is 1. The fraction of sp³-hybridized carbons (Fsp3) is 0.400. The molecule has 5 nitrogen and oxygen atoms in total. The first-order valence-corrected chi connectivity index (χ1v) is 12.2. The molecule has 2 aromatic carbocycles. The minimum absolute atomic E-state index is 0.0480. The molecule has 2 atom stereocenters. The van der Waals surface area contributed by atoms with Crippen molar-refractivity contribution < 1.29 is 19.2 Å². The molecule has 0 bridgehead atoms. The van der Waals surface area contributed by atoms with Crippen LogP contribution in [0.4, 0.5) is 0 Å². The minimum atomic E-state index is -1.10. The molecule has 2 aromatic rings. The SMILES string of the molecule is C/C(=C\CCP(NC(C)C(=O)OCc1ccccc1)Oc1ccc(C)cc1)CO.CC. The van der Waals surface area contributed by atoms with E-state index in [9.17, 15) is 4.79 Å². The standard InChI is InChI=1S/C23H30NO4P.C2H6/c1-18-11-13-22(14-12-18)28-29(15-7-8-19(2)16-25)24-20(3)23(26)27-17-21-9-5-4-6-10-21;1-2/h4-6,8-14,20,24-25H,7,15-17H2,1-3H3;1-2H3/b19-8+;. The third-order valence-corrected chi connectivity index (χ3v) is 6.00. The maximum Gasteiger partial charge on any atom is 0.323 e. The Kier molecular flexibility index (Phi) is 13.5. The predicted octanol–water partition coefficient (Wildman–Crippen LogP) is 5.76. The van der Waals surface area contributed by atoms with Crippen LogP contribution >= 0.6 is 8.30 Å². The number of benzene rings is 2. The Morgan fingerprint density at radius 2 is 1.77 bits per heavy atom. The van der Waals surface area contributed by atoms with E-state index >= 15 is 0 Å². The van der Waals surface area contributed by atoms with Gasteiger partial charge in [0, 0.05) is 6.16 Å². The lowest BCUT2D eigenvalue weighted by molar-refractivity contribution is -0.146. The molecule has 0 aliphatic rings.